The van der Waals surface area contributed by atoms with E-state index in [1.54, 1.807) is 18.2 Å². The second kappa shape index (κ2) is 5.04. The Kier molecular flexibility index (Phi) is 3.64. The number of benzene rings is 2. The summed E-state index contributed by atoms with van der Waals surface area (Å²) in [7, 11) is 1.40. The zero-order chi connectivity index (χ0) is 13.3. The highest BCUT2D eigenvalue weighted by molar-refractivity contribution is 6.39. The third kappa shape index (κ3) is 2.37. The quantitative estimate of drug-likeness (QED) is 0.831. The predicted octanol–water partition coefficient (Wildman–Crippen LogP) is 4.39. The third-order valence-corrected chi connectivity index (χ3v) is 3.10. The highest BCUT2D eigenvalue weighted by Crippen LogP contribution is 2.37. The summed E-state index contributed by atoms with van der Waals surface area (Å²) in [6, 6.07) is 7.68. The maximum atomic E-state index is 13.6. The molecule has 94 valence electrons. The average molecular weight is 286 g/mol. The van der Waals surface area contributed by atoms with Crippen molar-refractivity contribution in [1.82, 2.24) is 0 Å². The number of nitrogens with two attached hydrogens (primary N) is 1. The molecule has 5 heteroatoms. The number of anilines is 1. The molecule has 0 radical (unpaired) electrons. The summed E-state index contributed by atoms with van der Waals surface area (Å²) < 4.78 is 18.5. The molecule has 2 rings (SSSR count). The molecule has 2 nitrogen and oxygen atoms in total. The van der Waals surface area contributed by atoms with E-state index < -0.39 is 5.82 Å². The number of ether oxygens (including phenoxy) is 1. The van der Waals surface area contributed by atoms with Gasteiger partial charge in [0.2, 0.25) is 0 Å². The van der Waals surface area contributed by atoms with E-state index in [1.807, 2.05) is 0 Å². The minimum absolute atomic E-state index is 0.168. The fourth-order valence-corrected chi connectivity index (χ4v) is 2.41. The van der Waals surface area contributed by atoms with E-state index in [9.17, 15) is 4.39 Å². The van der Waals surface area contributed by atoms with Crippen LogP contribution >= 0.6 is 23.2 Å². The molecule has 0 spiro atoms. The van der Waals surface area contributed by atoms with E-state index >= 15 is 0 Å². The molecule has 0 aromatic heterocycles. The van der Waals surface area contributed by atoms with Gasteiger partial charge < -0.3 is 10.5 Å². The second-order valence-corrected chi connectivity index (χ2v) is 4.52. The largest absolute Gasteiger partial charge is 0.494 e. The zero-order valence-electron chi connectivity index (χ0n) is 9.51. The molecule has 0 aliphatic carbocycles. The first-order chi connectivity index (χ1) is 8.52. The molecule has 0 unspecified atom stereocenters. The predicted molar refractivity (Wildman–Crippen MR) is 72.8 cm³/mol. The summed E-state index contributed by atoms with van der Waals surface area (Å²) in [5.41, 5.74) is 7.20. The Morgan fingerprint density at radius 3 is 2.22 bits per heavy atom. The lowest BCUT2D eigenvalue weighted by atomic mass is 10.0. The van der Waals surface area contributed by atoms with Crippen molar-refractivity contribution in [2.75, 3.05) is 12.8 Å². The van der Waals surface area contributed by atoms with E-state index in [1.165, 1.54) is 19.2 Å². The molecule has 0 fully saturated rings. The molecular formula is C13H10Cl2FNO. The molecule has 0 atom stereocenters. The van der Waals surface area contributed by atoms with Gasteiger partial charge in [-0.15, -0.1) is 0 Å². The maximum absolute atomic E-state index is 13.6. The Balaban J connectivity index is 2.59. The van der Waals surface area contributed by atoms with Crippen LogP contribution in [0.5, 0.6) is 5.75 Å². The fraction of sp³-hybridized carbons (Fsp3) is 0.0769. The monoisotopic (exact) mass is 285 g/mol. The van der Waals surface area contributed by atoms with Crippen LogP contribution in [-0.2, 0) is 0 Å². The summed E-state index contributed by atoms with van der Waals surface area (Å²) >= 11 is 12.2. The lowest BCUT2D eigenvalue weighted by molar-refractivity contribution is 0.386. The zero-order valence-corrected chi connectivity index (χ0v) is 11.0. The van der Waals surface area contributed by atoms with Crippen molar-refractivity contribution in [3.8, 4) is 16.9 Å². The Hall–Kier alpha value is -1.45. The summed E-state index contributed by atoms with van der Waals surface area (Å²) in [4.78, 5) is 0. The summed E-state index contributed by atoms with van der Waals surface area (Å²) in [6.07, 6.45) is 0. The third-order valence-electron chi connectivity index (χ3n) is 2.50. The van der Waals surface area contributed by atoms with E-state index in [4.69, 9.17) is 33.7 Å². The molecule has 0 bridgehead atoms. The van der Waals surface area contributed by atoms with Gasteiger partial charge in [0.1, 0.15) is 0 Å². The fourth-order valence-electron chi connectivity index (χ4n) is 1.69. The smallest absolute Gasteiger partial charge is 0.165 e. The van der Waals surface area contributed by atoms with Crippen LogP contribution < -0.4 is 10.5 Å². The summed E-state index contributed by atoms with van der Waals surface area (Å²) in [5, 5.41) is 0.758. The Bertz CT molecular complexity index is 579. The van der Waals surface area contributed by atoms with Crippen LogP contribution in [0.2, 0.25) is 10.0 Å². The molecule has 0 amide bonds. The Labute approximate surface area is 114 Å². The number of hydrogen-bond donors (Lipinski definition) is 1. The Morgan fingerprint density at radius 1 is 1.11 bits per heavy atom. The van der Waals surface area contributed by atoms with Gasteiger partial charge in [-0.05, 0) is 29.8 Å². The van der Waals surface area contributed by atoms with E-state index in [0.717, 1.165) is 0 Å². The number of halogens is 3. The number of hydrogen-bond acceptors (Lipinski definition) is 2. The molecule has 2 N–H and O–H groups in total. The van der Waals surface area contributed by atoms with Gasteiger partial charge in [0.25, 0.3) is 0 Å². The summed E-state index contributed by atoms with van der Waals surface area (Å²) in [6.45, 7) is 0. The SMILES string of the molecule is COc1ccc(-c2c(Cl)cc(N)cc2Cl)cc1F. The molecule has 0 aliphatic heterocycles. The Morgan fingerprint density at radius 2 is 1.72 bits per heavy atom. The van der Waals surface area contributed by atoms with Crippen molar-refractivity contribution in [1.29, 1.82) is 0 Å². The molecule has 0 aliphatic rings. The average Bonchev–Trinajstić information content (AvgIpc) is 2.27. The van der Waals surface area contributed by atoms with Gasteiger partial charge in [0, 0.05) is 11.3 Å². The molecule has 0 saturated carbocycles. The number of methoxy groups -OCH3 is 1. The lowest BCUT2D eigenvalue weighted by Crippen LogP contribution is -1.91. The van der Waals surface area contributed by atoms with Gasteiger partial charge in [-0.1, -0.05) is 29.3 Å². The van der Waals surface area contributed by atoms with Crippen molar-refractivity contribution < 1.29 is 9.13 Å². The molecule has 0 saturated heterocycles. The minimum atomic E-state index is -0.473. The van der Waals surface area contributed by atoms with Gasteiger partial charge in [-0.2, -0.15) is 0 Å². The first kappa shape index (κ1) is 13.0. The van der Waals surface area contributed by atoms with Gasteiger partial charge in [-0.3, -0.25) is 0 Å². The standard InChI is InChI=1S/C13H10Cl2FNO/c1-18-12-3-2-7(4-11(12)16)13-9(14)5-8(17)6-10(13)15/h2-6H,17H2,1H3. The van der Waals surface area contributed by atoms with E-state index in [2.05, 4.69) is 0 Å². The topological polar surface area (TPSA) is 35.2 Å². The van der Waals surface area contributed by atoms with Gasteiger partial charge in [0.05, 0.1) is 17.2 Å². The lowest BCUT2D eigenvalue weighted by Gasteiger charge is -2.10. The number of nitrogen functional groups attached to an aromatic ring is 1. The van der Waals surface area contributed by atoms with Gasteiger partial charge in [-0.25, -0.2) is 4.39 Å². The molecule has 18 heavy (non-hydrogen) atoms. The van der Waals surface area contributed by atoms with Crippen LogP contribution in [0, 0.1) is 5.82 Å². The first-order valence-electron chi connectivity index (χ1n) is 5.11. The van der Waals surface area contributed by atoms with Crippen molar-refractivity contribution in [3.05, 3.63) is 46.2 Å². The molecule has 2 aromatic rings. The summed E-state index contributed by atoms with van der Waals surface area (Å²) in [5.74, 6) is -0.305. The van der Waals surface area contributed by atoms with E-state index in [-0.39, 0.29) is 5.75 Å². The molecular weight excluding hydrogens is 276 g/mol. The van der Waals surface area contributed by atoms with Crippen LogP contribution in [0.3, 0.4) is 0 Å². The highest BCUT2D eigenvalue weighted by Gasteiger charge is 2.12. The van der Waals surface area contributed by atoms with Crippen LogP contribution in [0.4, 0.5) is 10.1 Å². The molecule has 0 heterocycles. The van der Waals surface area contributed by atoms with Crippen LogP contribution in [-0.4, -0.2) is 7.11 Å². The van der Waals surface area contributed by atoms with Crippen LogP contribution in [0.25, 0.3) is 11.1 Å². The second-order valence-electron chi connectivity index (χ2n) is 3.71. The van der Waals surface area contributed by atoms with Crippen LogP contribution in [0.15, 0.2) is 30.3 Å². The van der Waals surface area contributed by atoms with Crippen molar-refractivity contribution in [2.45, 2.75) is 0 Å². The van der Waals surface area contributed by atoms with E-state index in [0.29, 0.717) is 26.9 Å². The van der Waals surface area contributed by atoms with Gasteiger partial charge in [0.15, 0.2) is 11.6 Å². The number of rotatable bonds is 2. The maximum Gasteiger partial charge on any atom is 0.165 e. The highest BCUT2D eigenvalue weighted by atomic mass is 35.5. The minimum Gasteiger partial charge on any atom is -0.494 e. The van der Waals surface area contributed by atoms with Crippen molar-refractivity contribution in [3.63, 3.8) is 0 Å². The first-order valence-corrected chi connectivity index (χ1v) is 5.87. The van der Waals surface area contributed by atoms with Crippen LogP contribution in [0.1, 0.15) is 0 Å². The van der Waals surface area contributed by atoms with Crippen molar-refractivity contribution in [2.24, 2.45) is 0 Å². The van der Waals surface area contributed by atoms with Gasteiger partial charge >= 0.3 is 0 Å². The molecule has 2 aromatic carbocycles. The normalized spacial score (nSPS) is 10.4. The van der Waals surface area contributed by atoms with Crippen molar-refractivity contribution >= 4 is 28.9 Å².